The first-order valence-electron chi connectivity index (χ1n) is 8.81. The minimum Gasteiger partial charge on any atom is -0.490 e. The van der Waals surface area contributed by atoms with Gasteiger partial charge >= 0.3 is 5.97 Å². The number of morpholine rings is 1. The molecular formula is C19H19Cl2NO6S. The third-order valence-corrected chi connectivity index (χ3v) is 6.61. The van der Waals surface area contributed by atoms with Crippen LogP contribution >= 0.6 is 23.2 Å². The Bertz CT molecular complexity index is 976. The van der Waals surface area contributed by atoms with Crippen LogP contribution in [0.15, 0.2) is 47.4 Å². The number of rotatable bonds is 7. The first-order valence-corrected chi connectivity index (χ1v) is 11.0. The van der Waals surface area contributed by atoms with Crippen LogP contribution in [0, 0.1) is 0 Å². The van der Waals surface area contributed by atoms with Gasteiger partial charge in [0.1, 0.15) is 19.0 Å². The van der Waals surface area contributed by atoms with Crippen LogP contribution in [-0.2, 0) is 19.5 Å². The van der Waals surface area contributed by atoms with Crippen molar-refractivity contribution in [1.29, 1.82) is 0 Å². The molecule has 0 atom stereocenters. The molecular weight excluding hydrogens is 441 g/mol. The highest BCUT2D eigenvalue weighted by atomic mass is 35.5. The maximum Gasteiger partial charge on any atom is 0.339 e. The maximum atomic E-state index is 12.8. The number of nitrogens with zero attached hydrogens (tertiary/aromatic N) is 1. The van der Waals surface area contributed by atoms with Crippen molar-refractivity contribution in [2.24, 2.45) is 0 Å². The molecule has 0 aromatic heterocycles. The van der Waals surface area contributed by atoms with Crippen molar-refractivity contribution in [1.82, 2.24) is 4.31 Å². The molecule has 29 heavy (non-hydrogen) atoms. The maximum absolute atomic E-state index is 12.8. The number of carbonyl (C=O) groups is 1. The van der Waals surface area contributed by atoms with Crippen LogP contribution < -0.4 is 4.74 Å². The molecule has 0 unspecified atom stereocenters. The van der Waals surface area contributed by atoms with Crippen molar-refractivity contribution in [2.75, 3.05) is 39.5 Å². The van der Waals surface area contributed by atoms with Gasteiger partial charge in [0.25, 0.3) is 0 Å². The zero-order valence-electron chi connectivity index (χ0n) is 15.3. The molecule has 0 radical (unpaired) electrons. The molecule has 0 N–H and O–H groups in total. The van der Waals surface area contributed by atoms with Crippen LogP contribution in [0.25, 0.3) is 0 Å². The molecule has 3 rings (SSSR count). The molecule has 0 saturated carbocycles. The van der Waals surface area contributed by atoms with Gasteiger partial charge in [-0.05, 0) is 36.4 Å². The van der Waals surface area contributed by atoms with E-state index in [0.29, 0.717) is 24.0 Å². The molecule has 2 aromatic rings. The Labute approximate surface area is 179 Å². The highest BCUT2D eigenvalue weighted by molar-refractivity contribution is 7.89. The van der Waals surface area contributed by atoms with Gasteiger partial charge in [-0.2, -0.15) is 4.31 Å². The lowest BCUT2D eigenvalue weighted by Gasteiger charge is -2.26. The van der Waals surface area contributed by atoms with Crippen LogP contribution in [0.1, 0.15) is 10.4 Å². The van der Waals surface area contributed by atoms with Crippen molar-refractivity contribution in [3.05, 3.63) is 58.1 Å². The van der Waals surface area contributed by atoms with Crippen molar-refractivity contribution in [3.8, 4) is 5.75 Å². The van der Waals surface area contributed by atoms with Gasteiger partial charge in [0.05, 0.1) is 28.7 Å². The van der Waals surface area contributed by atoms with E-state index in [1.807, 2.05) is 0 Å². The third-order valence-electron chi connectivity index (χ3n) is 4.15. The summed E-state index contributed by atoms with van der Waals surface area (Å²) in [6.45, 7) is 1.23. The largest absolute Gasteiger partial charge is 0.490 e. The molecule has 0 spiro atoms. The monoisotopic (exact) mass is 459 g/mol. The van der Waals surface area contributed by atoms with Gasteiger partial charge in [-0.15, -0.1) is 0 Å². The number of esters is 1. The van der Waals surface area contributed by atoms with Crippen LogP contribution in [-0.4, -0.2) is 58.2 Å². The Morgan fingerprint density at radius 2 is 1.83 bits per heavy atom. The average Bonchev–Trinajstić information content (AvgIpc) is 2.72. The smallest absolute Gasteiger partial charge is 0.339 e. The van der Waals surface area contributed by atoms with Crippen LogP contribution in [0.2, 0.25) is 10.0 Å². The van der Waals surface area contributed by atoms with Crippen LogP contribution in [0.3, 0.4) is 0 Å². The van der Waals surface area contributed by atoms with E-state index < -0.39 is 16.0 Å². The van der Waals surface area contributed by atoms with Gasteiger partial charge in [0.15, 0.2) is 0 Å². The quantitative estimate of drug-likeness (QED) is 0.466. The van der Waals surface area contributed by atoms with E-state index >= 15 is 0 Å². The summed E-state index contributed by atoms with van der Waals surface area (Å²) in [5.41, 5.74) is -0.0243. The molecule has 1 aliphatic heterocycles. The molecule has 1 aliphatic rings. The molecule has 0 aliphatic carbocycles. The Morgan fingerprint density at radius 1 is 1.07 bits per heavy atom. The predicted molar refractivity (Wildman–Crippen MR) is 108 cm³/mol. The second kappa shape index (κ2) is 9.77. The number of benzene rings is 2. The SMILES string of the molecule is O=C(OCCOc1cccc(Cl)c1)c1cc(S(=O)(=O)N2CCOCC2)ccc1Cl. The number of halogens is 2. The molecule has 1 saturated heterocycles. The first-order chi connectivity index (χ1) is 13.9. The van der Waals surface area contributed by atoms with E-state index in [-0.39, 0.29) is 41.8 Å². The Morgan fingerprint density at radius 3 is 2.55 bits per heavy atom. The molecule has 2 aromatic carbocycles. The standard InChI is InChI=1S/C19H19Cl2NO6S/c20-14-2-1-3-15(12-14)27-10-11-28-19(23)17-13-16(4-5-18(17)21)29(24,25)22-6-8-26-9-7-22/h1-5,12-13H,6-11H2. The highest BCUT2D eigenvalue weighted by Gasteiger charge is 2.27. The lowest BCUT2D eigenvalue weighted by molar-refractivity contribution is 0.0450. The van der Waals surface area contributed by atoms with Gasteiger partial charge in [-0.3, -0.25) is 0 Å². The van der Waals surface area contributed by atoms with E-state index in [4.69, 9.17) is 37.4 Å². The Hall–Kier alpha value is -1.84. The summed E-state index contributed by atoms with van der Waals surface area (Å²) in [5.74, 6) is -0.186. The summed E-state index contributed by atoms with van der Waals surface area (Å²) in [6, 6.07) is 10.8. The fourth-order valence-electron chi connectivity index (χ4n) is 2.69. The Balaban J connectivity index is 1.63. The van der Waals surface area contributed by atoms with Gasteiger partial charge in [0.2, 0.25) is 10.0 Å². The van der Waals surface area contributed by atoms with E-state index in [2.05, 4.69) is 0 Å². The Kier molecular flexibility index (Phi) is 7.37. The lowest BCUT2D eigenvalue weighted by Crippen LogP contribution is -2.40. The van der Waals surface area contributed by atoms with Crippen molar-refractivity contribution in [3.63, 3.8) is 0 Å². The number of hydrogen-bond donors (Lipinski definition) is 0. The second-order valence-corrected chi connectivity index (χ2v) is 8.88. The van der Waals surface area contributed by atoms with Gasteiger partial charge in [-0.1, -0.05) is 29.3 Å². The van der Waals surface area contributed by atoms with Crippen LogP contribution in [0.5, 0.6) is 5.75 Å². The number of carbonyl (C=O) groups excluding carboxylic acids is 1. The van der Waals surface area contributed by atoms with E-state index in [1.54, 1.807) is 24.3 Å². The molecule has 1 heterocycles. The van der Waals surface area contributed by atoms with E-state index in [0.717, 1.165) is 0 Å². The van der Waals surface area contributed by atoms with Crippen molar-refractivity contribution >= 4 is 39.2 Å². The number of ether oxygens (including phenoxy) is 3. The van der Waals surface area contributed by atoms with Crippen molar-refractivity contribution < 1.29 is 27.4 Å². The minimum absolute atomic E-state index is 0.0223. The summed E-state index contributed by atoms with van der Waals surface area (Å²) >= 11 is 12.0. The predicted octanol–water partition coefficient (Wildman–Crippen LogP) is 3.25. The normalized spacial score (nSPS) is 15.1. The lowest BCUT2D eigenvalue weighted by atomic mass is 10.2. The van der Waals surface area contributed by atoms with E-state index in [1.165, 1.54) is 22.5 Å². The highest BCUT2D eigenvalue weighted by Crippen LogP contribution is 2.24. The van der Waals surface area contributed by atoms with Gasteiger partial charge in [0, 0.05) is 18.1 Å². The zero-order valence-corrected chi connectivity index (χ0v) is 17.7. The van der Waals surface area contributed by atoms with Crippen molar-refractivity contribution in [2.45, 2.75) is 4.90 Å². The fourth-order valence-corrected chi connectivity index (χ4v) is 4.50. The van der Waals surface area contributed by atoms with Crippen LogP contribution in [0.4, 0.5) is 0 Å². The second-order valence-electron chi connectivity index (χ2n) is 6.10. The fraction of sp³-hybridized carbons (Fsp3) is 0.316. The molecule has 156 valence electrons. The summed E-state index contributed by atoms with van der Waals surface area (Å²) in [5, 5.41) is 0.635. The third kappa shape index (κ3) is 5.61. The molecule has 7 nitrogen and oxygen atoms in total. The topological polar surface area (TPSA) is 82.1 Å². The summed E-state index contributed by atoms with van der Waals surface area (Å²) in [6.07, 6.45) is 0. The molecule has 10 heteroatoms. The molecule has 1 fully saturated rings. The minimum atomic E-state index is -3.75. The van der Waals surface area contributed by atoms with Gasteiger partial charge in [-0.25, -0.2) is 13.2 Å². The summed E-state index contributed by atoms with van der Waals surface area (Å²) in [4.78, 5) is 12.4. The molecule has 0 amide bonds. The summed E-state index contributed by atoms with van der Waals surface area (Å²) < 4.78 is 42.6. The van der Waals surface area contributed by atoms with E-state index in [9.17, 15) is 13.2 Å². The summed E-state index contributed by atoms with van der Waals surface area (Å²) in [7, 11) is -3.75. The average molecular weight is 460 g/mol. The molecule has 0 bridgehead atoms. The number of hydrogen-bond acceptors (Lipinski definition) is 6. The zero-order chi connectivity index (χ0) is 20.9. The van der Waals surface area contributed by atoms with Gasteiger partial charge < -0.3 is 14.2 Å². The first kappa shape index (κ1) is 21.9. The number of sulfonamides is 1.